The van der Waals surface area contributed by atoms with E-state index in [-0.39, 0.29) is 5.91 Å². The maximum atomic E-state index is 11.8. The monoisotopic (exact) mass is 307 g/mol. The first kappa shape index (κ1) is 14.4. The molecule has 21 heavy (non-hydrogen) atoms. The van der Waals surface area contributed by atoms with Gasteiger partial charge in [0.05, 0.1) is 6.54 Å². The summed E-state index contributed by atoms with van der Waals surface area (Å²) in [6, 6.07) is 2.02. The first-order valence-corrected chi connectivity index (χ1v) is 8.36. The zero-order valence-electron chi connectivity index (χ0n) is 12.5. The molecule has 2 aliphatic rings. The summed E-state index contributed by atoms with van der Waals surface area (Å²) in [5.74, 6) is 3.10. The highest BCUT2D eigenvalue weighted by molar-refractivity contribution is 8.00. The summed E-state index contributed by atoms with van der Waals surface area (Å²) in [7, 11) is 1.85. The van der Waals surface area contributed by atoms with E-state index in [1.165, 1.54) is 0 Å². The van der Waals surface area contributed by atoms with Crippen LogP contribution in [-0.2, 0) is 4.79 Å². The molecule has 1 aromatic rings. The number of hydrogen-bond acceptors (Lipinski definition) is 6. The lowest BCUT2D eigenvalue weighted by molar-refractivity contribution is -0.129. The summed E-state index contributed by atoms with van der Waals surface area (Å²) in [5.41, 5.74) is 0. The molecule has 0 radical (unpaired) electrons. The van der Waals surface area contributed by atoms with Crippen LogP contribution in [0.4, 0.5) is 11.6 Å². The van der Waals surface area contributed by atoms with E-state index in [4.69, 9.17) is 0 Å². The van der Waals surface area contributed by atoms with Crippen LogP contribution in [0.3, 0.4) is 0 Å². The minimum Gasteiger partial charge on any atom is -0.355 e. The fourth-order valence-corrected chi connectivity index (χ4v) is 3.68. The van der Waals surface area contributed by atoms with Crippen molar-refractivity contribution in [2.45, 2.75) is 12.2 Å². The average molecular weight is 307 g/mol. The van der Waals surface area contributed by atoms with Crippen molar-refractivity contribution in [3.05, 3.63) is 12.4 Å². The molecule has 2 fully saturated rings. The number of likely N-dealkylation sites (N-methyl/N-ethyl adjacent to an activating group) is 1. The van der Waals surface area contributed by atoms with Gasteiger partial charge in [-0.05, 0) is 0 Å². The van der Waals surface area contributed by atoms with Gasteiger partial charge in [0.25, 0.3) is 0 Å². The Morgan fingerprint density at radius 2 is 1.95 bits per heavy atom. The molecule has 3 rings (SSSR count). The van der Waals surface area contributed by atoms with Gasteiger partial charge < -0.3 is 14.7 Å². The molecule has 1 amide bonds. The van der Waals surface area contributed by atoms with Gasteiger partial charge in [-0.25, -0.2) is 9.97 Å². The van der Waals surface area contributed by atoms with Gasteiger partial charge in [0.2, 0.25) is 5.91 Å². The largest absolute Gasteiger partial charge is 0.355 e. The highest BCUT2D eigenvalue weighted by Crippen LogP contribution is 2.24. The number of rotatable bonds is 2. The number of anilines is 2. The quantitative estimate of drug-likeness (QED) is 0.801. The minimum atomic E-state index is 0.143. The Labute approximate surface area is 129 Å². The normalized spacial score (nSPS) is 23.6. The van der Waals surface area contributed by atoms with Gasteiger partial charge in [0.1, 0.15) is 18.0 Å². The molecule has 2 aliphatic heterocycles. The topological polar surface area (TPSA) is 52.6 Å². The lowest BCUT2D eigenvalue weighted by atomic mass is 10.3. The van der Waals surface area contributed by atoms with E-state index >= 15 is 0 Å². The van der Waals surface area contributed by atoms with Crippen LogP contribution in [0.1, 0.15) is 6.92 Å². The Morgan fingerprint density at radius 1 is 1.19 bits per heavy atom. The van der Waals surface area contributed by atoms with Crippen molar-refractivity contribution in [3.8, 4) is 0 Å². The number of aromatic nitrogens is 2. The highest BCUT2D eigenvalue weighted by atomic mass is 32.2. The van der Waals surface area contributed by atoms with Crippen LogP contribution in [0.2, 0.25) is 0 Å². The van der Waals surface area contributed by atoms with Crippen LogP contribution < -0.4 is 9.80 Å². The molecule has 1 aromatic heterocycles. The van der Waals surface area contributed by atoms with Crippen LogP contribution in [0.25, 0.3) is 0 Å². The number of hydrogen-bond donors (Lipinski definition) is 0. The molecule has 2 saturated heterocycles. The van der Waals surface area contributed by atoms with E-state index in [0.717, 1.165) is 43.6 Å². The molecule has 0 bridgehead atoms. The Bertz CT molecular complexity index is 526. The zero-order valence-corrected chi connectivity index (χ0v) is 13.3. The van der Waals surface area contributed by atoms with Crippen molar-refractivity contribution in [1.29, 1.82) is 0 Å². The SMILES string of the molecule is CC1CN(c2cc(N3CCN(C)C(=O)C3)ncn2)CCS1. The van der Waals surface area contributed by atoms with Crippen molar-refractivity contribution >= 4 is 29.3 Å². The van der Waals surface area contributed by atoms with Crippen LogP contribution in [-0.4, -0.2) is 71.5 Å². The minimum absolute atomic E-state index is 0.143. The molecule has 7 heteroatoms. The molecule has 0 aromatic carbocycles. The van der Waals surface area contributed by atoms with Crippen molar-refractivity contribution in [2.75, 3.05) is 55.3 Å². The maximum Gasteiger partial charge on any atom is 0.241 e. The summed E-state index contributed by atoms with van der Waals surface area (Å²) in [6.45, 7) is 6.26. The average Bonchev–Trinajstić information content (AvgIpc) is 2.50. The van der Waals surface area contributed by atoms with Gasteiger partial charge in [-0.1, -0.05) is 6.92 Å². The molecular weight excluding hydrogens is 286 g/mol. The first-order valence-electron chi connectivity index (χ1n) is 7.31. The molecule has 114 valence electrons. The van der Waals surface area contributed by atoms with Crippen molar-refractivity contribution in [2.24, 2.45) is 0 Å². The fourth-order valence-electron chi connectivity index (χ4n) is 2.66. The van der Waals surface area contributed by atoms with E-state index < -0.39 is 0 Å². The van der Waals surface area contributed by atoms with Crippen LogP contribution in [0.5, 0.6) is 0 Å². The Kier molecular flexibility index (Phi) is 4.19. The summed E-state index contributed by atoms with van der Waals surface area (Å²) in [5, 5.41) is 0.627. The predicted octanol–water partition coefficient (Wildman–Crippen LogP) is 0.697. The predicted molar refractivity (Wildman–Crippen MR) is 86.0 cm³/mol. The van der Waals surface area contributed by atoms with Gasteiger partial charge in [0, 0.05) is 50.3 Å². The Hall–Kier alpha value is -1.50. The maximum absolute atomic E-state index is 11.8. The number of nitrogens with zero attached hydrogens (tertiary/aromatic N) is 5. The number of thioether (sulfide) groups is 1. The van der Waals surface area contributed by atoms with Gasteiger partial charge >= 0.3 is 0 Å². The summed E-state index contributed by atoms with van der Waals surface area (Å²) in [4.78, 5) is 26.7. The summed E-state index contributed by atoms with van der Waals surface area (Å²) in [6.07, 6.45) is 1.61. The number of carbonyl (C=O) groups excluding carboxylic acids is 1. The third-order valence-electron chi connectivity index (χ3n) is 3.98. The van der Waals surface area contributed by atoms with Gasteiger partial charge in [0.15, 0.2) is 0 Å². The second kappa shape index (κ2) is 6.09. The second-order valence-corrected chi connectivity index (χ2v) is 7.14. The lowest BCUT2D eigenvalue weighted by Gasteiger charge is -2.34. The van der Waals surface area contributed by atoms with E-state index in [1.807, 2.05) is 29.8 Å². The molecule has 1 unspecified atom stereocenters. The standard InChI is InChI=1S/C14H21N5OS/c1-11-8-19(5-6-21-11)13-7-12(15-10-16-13)18-4-3-17(2)14(20)9-18/h7,10-11H,3-6,8-9H2,1-2H3. The Morgan fingerprint density at radius 3 is 2.67 bits per heavy atom. The third kappa shape index (κ3) is 3.23. The molecule has 0 spiro atoms. The zero-order chi connectivity index (χ0) is 14.8. The van der Waals surface area contributed by atoms with Crippen LogP contribution in [0, 0.1) is 0 Å². The number of carbonyl (C=O) groups is 1. The van der Waals surface area contributed by atoms with E-state index in [9.17, 15) is 4.79 Å². The molecule has 0 N–H and O–H groups in total. The first-order chi connectivity index (χ1) is 10.1. The molecule has 0 saturated carbocycles. The molecular formula is C14H21N5OS. The number of piperazine rings is 1. The lowest BCUT2D eigenvalue weighted by Crippen LogP contribution is -2.49. The summed E-state index contributed by atoms with van der Waals surface area (Å²) >= 11 is 2.00. The van der Waals surface area contributed by atoms with E-state index in [2.05, 4.69) is 21.8 Å². The number of amides is 1. The Balaban J connectivity index is 1.75. The van der Waals surface area contributed by atoms with Crippen LogP contribution in [0.15, 0.2) is 12.4 Å². The summed E-state index contributed by atoms with van der Waals surface area (Å²) < 4.78 is 0. The molecule has 0 aliphatic carbocycles. The smallest absolute Gasteiger partial charge is 0.241 e. The van der Waals surface area contributed by atoms with Gasteiger partial charge in [-0.15, -0.1) is 0 Å². The second-order valence-electron chi connectivity index (χ2n) is 5.60. The molecule has 1 atom stereocenters. The van der Waals surface area contributed by atoms with E-state index in [0.29, 0.717) is 11.8 Å². The van der Waals surface area contributed by atoms with Gasteiger partial charge in [-0.2, -0.15) is 11.8 Å². The fraction of sp³-hybridized carbons (Fsp3) is 0.643. The van der Waals surface area contributed by atoms with Crippen molar-refractivity contribution in [3.63, 3.8) is 0 Å². The van der Waals surface area contributed by atoms with Crippen molar-refractivity contribution in [1.82, 2.24) is 14.9 Å². The van der Waals surface area contributed by atoms with Gasteiger partial charge in [-0.3, -0.25) is 4.79 Å². The van der Waals surface area contributed by atoms with E-state index in [1.54, 1.807) is 11.2 Å². The third-order valence-corrected chi connectivity index (χ3v) is 5.12. The van der Waals surface area contributed by atoms with Crippen LogP contribution >= 0.6 is 11.8 Å². The highest BCUT2D eigenvalue weighted by Gasteiger charge is 2.23. The molecule has 3 heterocycles. The van der Waals surface area contributed by atoms with Crippen molar-refractivity contribution < 1.29 is 4.79 Å². The molecule has 6 nitrogen and oxygen atoms in total.